The molecule has 3 aromatic rings. The van der Waals surface area contributed by atoms with Gasteiger partial charge in [0.05, 0.1) is 0 Å². The molecule has 10 heteroatoms. The van der Waals surface area contributed by atoms with E-state index in [0.29, 0.717) is 25.9 Å². The van der Waals surface area contributed by atoms with Gasteiger partial charge >= 0.3 is 12.0 Å². The van der Waals surface area contributed by atoms with Crippen LogP contribution >= 0.6 is 0 Å². The van der Waals surface area contributed by atoms with Crippen LogP contribution in [0.25, 0.3) is 10.9 Å². The fraction of sp³-hybridized carbons (Fsp3) is 0.548. The third kappa shape index (κ3) is 5.96. The molecule has 1 aromatic carbocycles. The summed E-state index contributed by atoms with van der Waals surface area (Å²) in [5.74, 6) is -0.963. The first kappa shape index (κ1) is 28.7. The van der Waals surface area contributed by atoms with Crippen LogP contribution in [0.1, 0.15) is 86.1 Å². The summed E-state index contributed by atoms with van der Waals surface area (Å²) in [6.07, 6.45) is 8.39. The van der Waals surface area contributed by atoms with E-state index in [1.54, 1.807) is 11.8 Å². The quantitative estimate of drug-likeness (QED) is 0.356. The summed E-state index contributed by atoms with van der Waals surface area (Å²) >= 11 is 0. The van der Waals surface area contributed by atoms with Crippen molar-refractivity contribution >= 4 is 28.8 Å². The fourth-order valence-corrected chi connectivity index (χ4v) is 6.46. The van der Waals surface area contributed by atoms with Crippen molar-refractivity contribution in [2.75, 3.05) is 13.1 Å². The Morgan fingerprint density at radius 1 is 1.15 bits per heavy atom. The first-order valence-corrected chi connectivity index (χ1v) is 14.7. The Bertz CT molecular complexity index is 1420. The van der Waals surface area contributed by atoms with E-state index < -0.39 is 18.1 Å². The first-order chi connectivity index (χ1) is 19.6. The van der Waals surface area contributed by atoms with Crippen LogP contribution in [0.5, 0.6) is 0 Å². The number of aromatic carboxylic acids is 1. The Morgan fingerprint density at radius 2 is 1.88 bits per heavy atom. The van der Waals surface area contributed by atoms with Gasteiger partial charge in [0.25, 0.3) is 0 Å². The molecular formula is C31H41N5O5. The standard InChI is InChI=1S/C31H41N5O5/c1-19(2)16-26(36-15-14-35(31(36)40)22-10-6-5-7-11-22)28(37)32-24(29-33-27(30(38)39)20(3)41-29)17-21-18-34(4)25-13-9-8-12-23(21)25/h8-9,12-13,18-19,22,24,26H,5-7,10-11,14-17H2,1-4H3,(H,32,37)(H,38,39)/t24-,26-/m1/s1. The minimum atomic E-state index is -1.18. The van der Waals surface area contributed by atoms with Gasteiger partial charge in [0.15, 0.2) is 5.69 Å². The summed E-state index contributed by atoms with van der Waals surface area (Å²) < 4.78 is 7.86. The van der Waals surface area contributed by atoms with E-state index in [2.05, 4.69) is 10.3 Å². The highest BCUT2D eigenvalue weighted by Crippen LogP contribution is 2.30. The molecule has 3 amide bonds. The molecule has 3 heterocycles. The van der Waals surface area contributed by atoms with E-state index in [1.807, 2.05) is 60.8 Å². The molecule has 0 radical (unpaired) electrons. The highest BCUT2D eigenvalue weighted by atomic mass is 16.4. The van der Waals surface area contributed by atoms with Crippen LogP contribution in [0.2, 0.25) is 0 Å². The Balaban J connectivity index is 1.44. The minimum Gasteiger partial charge on any atom is -0.476 e. The van der Waals surface area contributed by atoms with Crippen LogP contribution in [0.15, 0.2) is 34.9 Å². The van der Waals surface area contributed by atoms with E-state index >= 15 is 0 Å². The highest BCUT2D eigenvalue weighted by molar-refractivity contribution is 5.89. The molecule has 1 saturated carbocycles. The molecule has 220 valence electrons. The maximum absolute atomic E-state index is 14.0. The lowest BCUT2D eigenvalue weighted by molar-refractivity contribution is -0.126. The second kappa shape index (κ2) is 12.0. The van der Waals surface area contributed by atoms with Crippen LogP contribution in [-0.2, 0) is 18.3 Å². The number of nitrogens with one attached hydrogen (secondary N) is 1. The van der Waals surface area contributed by atoms with E-state index in [4.69, 9.17) is 4.42 Å². The van der Waals surface area contributed by atoms with Gasteiger partial charge in [-0.1, -0.05) is 51.3 Å². The molecule has 2 atom stereocenters. The SMILES string of the molecule is Cc1oc([C@@H](Cc2cn(C)c3ccccc23)NC(=O)[C@@H](CC(C)C)N2CCN(C3CCCCC3)C2=O)nc1C(=O)O. The molecule has 1 saturated heterocycles. The zero-order valence-electron chi connectivity index (χ0n) is 24.4. The van der Waals surface area contributed by atoms with Crippen molar-refractivity contribution < 1.29 is 23.9 Å². The van der Waals surface area contributed by atoms with Crippen LogP contribution in [0.4, 0.5) is 4.79 Å². The molecule has 2 N–H and O–H groups in total. The van der Waals surface area contributed by atoms with Crippen molar-refractivity contribution in [2.24, 2.45) is 13.0 Å². The van der Waals surface area contributed by atoms with Crippen molar-refractivity contribution in [3.63, 3.8) is 0 Å². The number of carboxylic acid groups (broad SMARTS) is 1. The van der Waals surface area contributed by atoms with Crippen molar-refractivity contribution in [3.05, 3.63) is 53.4 Å². The van der Waals surface area contributed by atoms with Crippen molar-refractivity contribution in [1.82, 2.24) is 24.7 Å². The van der Waals surface area contributed by atoms with Gasteiger partial charge in [-0.25, -0.2) is 14.6 Å². The lowest BCUT2D eigenvalue weighted by atomic mass is 9.94. The molecule has 0 unspecified atom stereocenters. The van der Waals surface area contributed by atoms with Gasteiger partial charge in [-0.2, -0.15) is 0 Å². The molecule has 2 aromatic heterocycles. The van der Waals surface area contributed by atoms with Crippen LogP contribution in [0, 0.1) is 12.8 Å². The van der Waals surface area contributed by atoms with Gasteiger partial charge in [0.1, 0.15) is 17.8 Å². The van der Waals surface area contributed by atoms with Gasteiger partial charge in [-0.15, -0.1) is 0 Å². The molecular weight excluding hydrogens is 522 g/mol. The smallest absolute Gasteiger partial charge is 0.358 e. The van der Waals surface area contributed by atoms with Gasteiger partial charge in [0, 0.05) is 49.7 Å². The molecule has 5 rings (SSSR count). The van der Waals surface area contributed by atoms with Crippen molar-refractivity contribution in [1.29, 1.82) is 0 Å². The minimum absolute atomic E-state index is 0.0663. The number of nitrogens with zero attached hydrogens (tertiary/aromatic N) is 4. The first-order valence-electron chi connectivity index (χ1n) is 14.7. The number of carboxylic acids is 1. The summed E-state index contributed by atoms with van der Waals surface area (Å²) in [6, 6.07) is 6.80. The fourth-order valence-electron chi connectivity index (χ4n) is 6.46. The number of para-hydroxylation sites is 1. The third-order valence-corrected chi connectivity index (χ3v) is 8.50. The normalized spacial score (nSPS) is 17.9. The number of benzene rings is 1. The predicted molar refractivity (Wildman–Crippen MR) is 155 cm³/mol. The van der Waals surface area contributed by atoms with Crippen LogP contribution in [-0.4, -0.2) is 67.5 Å². The van der Waals surface area contributed by atoms with E-state index in [0.717, 1.165) is 42.1 Å². The Labute approximate surface area is 240 Å². The summed E-state index contributed by atoms with van der Waals surface area (Å²) in [5.41, 5.74) is 1.85. The number of carbonyl (C=O) groups is 3. The number of rotatable bonds is 10. The maximum Gasteiger partial charge on any atom is 0.358 e. The highest BCUT2D eigenvalue weighted by Gasteiger charge is 2.41. The predicted octanol–water partition coefficient (Wildman–Crippen LogP) is 5.06. The Hall–Kier alpha value is -3.82. The molecule has 41 heavy (non-hydrogen) atoms. The van der Waals surface area contributed by atoms with Crippen LogP contribution < -0.4 is 5.32 Å². The second-order valence-corrected chi connectivity index (χ2v) is 11.9. The number of aromatic nitrogens is 2. The Morgan fingerprint density at radius 3 is 2.56 bits per heavy atom. The van der Waals surface area contributed by atoms with Gasteiger partial charge in [-0.3, -0.25) is 4.79 Å². The van der Waals surface area contributed by atoms with Crippen molar-refractivity contribution in [2.45, 2.75) is 83.8 Å². The summed E-state index contributed by atoms with van der Waals surface area (Å²) in [6.45, 7) is 6.79. The summed E-state index contributed by atoms with van der Waals surface area (Å²) in [5, 5.41) is 13.8. The summed E-state index contributed by atoms with van der Waals surface area (Å²) in [7, 11) is 1.97. The van der Waals surface area contributed by atoms with Gasteiger partial charge in [0.2, 0.25) is 11.8 Å². The zero-order valence-corrected chi connectivity index (χ0v) is 24.4. The average Bonchev–Trinajstić information content (AvgIpc) is 3.62. The number of amides is 3. The number of aryl methyl sites for hydroxylation is 2. The van der Waals surface area contributed by atoms with Crippen molar-refractivity contribution in [3.8, 4) is 0 Å². The van der Waals surface area contributed by atoms with Gasteiger partial charge < -0.3 is 29.2 Å². The van der Waals surface area contributed by atoms with E-state index in [-0.39, 0.29) is 41.2 Å². The Kier molecular flexibility index (Phi) is 8.37. The lowest BCUT2D eigenvalue weighted by Gasteiger charge is -2.33. The topological polar surface area (TPSA) is 121 Å². The molecule has 1 aliphatic carbocycles. The number of oxazole rings is 1. The summed E-state index contributed by atoms with van der Waals surface area (Å²) in [4.78, 5) is 47.4. The number of urea groups is 1. The largest absolute Gasteiger partial charge is 0.476 e. The molecule has 0 spiro atoms. The molecule has 1 aliphatic heterocycles. The van der Waals surface area contributed by atoms with E-state index in [9.17, 15) is 19.5 Å². The number of carbonyl (C=O) groups excluding carboxylic acids is 2. The van der Waals surface area contributed by atoms with Crippen LogP contribution in [0.3, 0.4) is 0 Å². The molecule has 10 nitrogen and oxygen atoms in total. The molecule has 2 aliphatic rings. The number of hydrogen-bond acceptors (Lipinski definition) is 5. The third-order valence-electron chi connectivity index (χ3n) is 8.50. The molecule has 0 bridgehead atoms. The van der Waals surface area contributed by atoms with Gasteiger partial charge in [-0.05, 0) is 43.7 Å². The lowest BCUT2D eigenvalue weighted by Crippen LogP contribution is -2.51. The molecule has 2 fully saturated rings. The average molecular weight is 564 g/mol. The van der Waals surface area contributed by atoms with E-state index in [1.165, 1.54) is 6.42 Å². The zero-order chi connectivity index (χ0) is 29.3. The number of fused-ring (bicyclic) bond motifs is 1. The second-order valence-electron chi connectivity index (χ2n) is 11.9. The number of hydrogen-bond donors (Lipinski definition) is 2. The monoisotopic (exact) mass is 563 g/mol. The maximum atomic E-state index is 14.0.